The van der Waals surface area contributed by atoms with Crippen LogP contribution in [0, 0.1) is 0 Å². The van der Waals surface area contributed by atoms with Crippen LogP contribution in [-0.2, 0) is 28.8 Å². The van der Waals surface area contributed by atoms with Gasteiger partial charge in [-0.2, -0.15) is 0 Å². The quantitative estimate of drug-likeness (QED) is 0.619. The van der Waals surface area contributed by atoms with Crippen LogP contribution in [0.5, 0.6) is 0 Å². The first-order valence-corrected chi connectivity index (χ1v) is 7.74. The molecule has 1 aromatic rings. The molecule has 2 rings (SSSR count). The fourth-order valence-electron chi connectivity index (χ4n) is 2.95. The van der Waals surface area contributed by atoms with Gasteiger partial charge in [-0.3, -0.25) is 4.79 Å². The number of methoxy groups -OCH3 is 1. The maximum Gasteiger partial charge on any atom is 0.307 e. The van der Waals surface area contributed by atoms with Gasteiger partial charge in [-0.25, -0.2) is 0 Å². The summed E-state index contributed by atoms with van der Waals surface area (Å²) in [4.78, 5) is 11.5. The van der Waals surface area contributed by atoms with Crippen molar-refractivity contribution in [1.82, 2.24) is 5.32 Å². The Morgan fingerprint density at radius 2 is 2.14 bits per heavy atom. The van der Waals surface area contributed by atoms with Gasteiger partial charge in [-0.15, -0.1) is 6.58 Å². The Labute approximate surface area is 127 Å². The molecule has 1 unspecified atom stereocenters. The third kappa shape index (κ3) is 4.71. The number of esters is 1. The van der Waals surface area contributed by atoms with Gasteiger partial charge in [-0.1, -0.05) is 24.3 Å². The zero-order valence-electron chi connectivity index (χ0n) is 12.9. The van der Waals surface area contributed by atoms with Gasteiger partial charge >= 0.3 is 5.97 Å². The summed E-state index contributed by atoms with van der Waals surface area (Å²) in [5, 5.41) is 3.34. The van der Waals surface area contributed by atoms with E-state index in [1.807, 2.05) is 6.08 Å². The number of benzene rings is 1. The van der Waals surface area contributed by atoms with E-state index in [9.17, 15) is 4.79 Å². The average molecular weight is 287 g/mol. The minimum Gasteiger partial charge on any atom is -0.469 e. The van der Waals surface area contributed by atoms with E-state index in [2.05, 4.69) is 30.1 Å². The van der Waals surface area contributed by atoms with Crippen molar-refractivity contribution in [1.29, 1.82) is 0 Å². The van der Waals surface area contributed by atoms with Gasteiger partial charge in [0.25, 0.3) is 0 Å². The number of nitrogens with one attached hydrogen (secondary N) is 1. The second kappa shape index (κ2) is 7.99. The molecule has 0 fully saturated rings. The van der Waals surface area contributed by atoms with Gasteiger partial charge in [0.05, 0.1) is 13.5 Å². The monoisotopic (exact) mass is 287 g/mol. The van der Waals surface area contributed by atoms with E-state index in [4.69, 9.17) is 4.74 Å². The molecular weight excluding hydrogens is 262 g/mol. The highest BCUT2D eigenvalue weighted by molar-refractivity contribution is 5.70. The topological polar surface area (TPSA) is 38.3 Å². The Balaban J connectivity index is 2.04. The standard InChI is InChI=1S/C18H25NO2/c1-3-10-19-17(13-18(20)21-2)12-14-8-9-15-6-4-5-7-16(15)11-14/h3,8-9,11,17,19H,1,4-7,10,12-13H2,2H3. The van der Waals surface area contributed by atoms with Crippen molar-refractivity contribution in [3.8, 4) is 0 Å². The van der Waals surface area contributed by atoms with E-state index in [0.29, 0.717) is 13.0 Å². The largest absolute Gasteiger partial charge is 0.469 e. The lowest BCUT2D eigenvalue weighted by Crippen LogP contribution is -2.34. The third-order valence-electron chi connectivity index (χ3n) is 4.09. The van der Waals surface area contributed by atoms with Crippen molar-refractivity contribution in [2.75, 3.05) is 13.7 Å². The lowest BCUT2D eigenvalue weighted by atomic mass is 9.89. The maximum atomic E-state index is 11.5. The molecule has 114 valence electrons. The molecule has 1 N–H and O–H groups in total. The van der Waals surface area contributed by atoms with Crippen LogP contribution in [0.4, 0.5) is 0 Å². The van der Waals surface area contributed by atoms with E-state index in [-0.39, 0.29) is 12.0 Å². The highest BCUT2D eigenvalue weighted by Crippen LogP contribution is 2.23. The van der Waals surface area contributed by atoms with E-state index in [0.717, 1.165) is 6.42 Å². The summed E-state index contributed by atoms with van der Waals surface area (Å²) < 4.78 is 4.78. The fraction of sp³-hybridized carbons (Fsp3) is 0.500. The molecule has 3 nitrogen and oxygen atoms in total. The van der Waals surface area contributed by atoms with Crippen LogP contribution in [0.15, 0.2) is 30.9 Å². The van der Waals surface area contributed by atoms with Gasteiger partial charge in [0.2, 0.25) is 0 Å². The molecule has 0 amide bonds. The molecule has 0 radical (unpaired) electrons. The lowest BCUT2D eigenvalue weighted by molar-refractivity contribution is -0.141. The molecule has 0 saturated carbocycles. The Bertz CT molecular complexity index is 496. The predicted octanol–water partition coefficient (Wildman–Crippen LogP) is 2.82. The number of rotatable bonds is 7. The van der Waals surface area contributed by atoms with Gasteiger partial charge in [-0.05, 0) is 48.8 Å². The summed E-state index contributed by atoms with van der Waals surface area (Å²) in [5.41, 5.74) is 4.27. The van der Waals surface area contributed by atoms with Crippen molar-refractivity contribution in [2.45, 2.75) is 44.6 Å². The molecule has 1 aromatic carbocycles. The Morgan fingerprint density at radius 3 is 2.86 bits per heavy atom. The SMILES string of the molecule is C=CCNC(CC(=O)OC)Cc1ccc2c(c1)CCCC2. The summed E-state index contributed by atoms with van der Waals surface area (Å²) in [7, 11) is 1.44. The van der Waals surface area contributed by atoms with Crippen molar-refractivity contribution in [2.24, 2.45) is 0 Å². The number of aryl methyl sites for hydroxylation is 2. The highest BCUT2D eigenvalue weighted by atomic mass is 16.5. The molecule has 0 bridgehead atoms. The summed E-state index contributed by atoms with van der Waals surface area (Å²) >= 11 is 0. The Hall–Kier alpha value is -1.61. The molecule has 0 heterocycles. The predicted molar refractivity (Wildman–Crippen MR) is 85.4 cm³/mol. The number of hydrogen-bond donors (Lipinski definition) is 1. The molecule has 0 spiro atoms. The van der Waals surface area contributed by atoms with E-state index >= 15 is 0 Å². The minimum absolute atomic E-state index is 0.0945. The summed E-state index contributed by atoms with van der Waals surface area (Å²) in [6, 6.07) is 6.86. The van der Waals surface area contributed by atoms with E-state index < -0.39 is 0 Å². The normalized spacial score (nSPS) is 15.1. The fourth-order valence-corrected chi connectivity index (χ4v) is 2.95. The average Bonchev–Trinajstić information content (AvgIpc) is 2.52. The van der Waals surface area contributed by atoms with Crippen molar-refractivity contribution < 1.29 is 9.53 Å². The molecule has 1 aliphatic carbocycles. The van der Waals surface area contributed by atoms with Crippen LogP contribution in [0.3, 0.4) is 0 Å². The Morgan fingerprint density at radius 1 is 1.38 bits per heavy atom. The highest BCUT2D eigenvalue weighted by Gasteiger charge is 2.16. The Kier molecular flexibility index (Phi) is 6.00. The second-order valence-electron chi connectivity index (χ2n) is 5.69. The molecule has 0 saturated heterocycles. The van der Waals surface area contributed by atoms with E-state index in [1.54, 1.807) is 0 Å². The molecular formula is C18H25NO2. The molecule has 1 aliphatic rings. The zero-order valence-corrected chi connectivity index (χ0v) is 12.9. The van der Waals surface area contributed by atoms with Gasteiger partial charge in [0.15, 0.2) is 0 Å². The van der Waals surface area contributed by atoms with Gasteiger partial charge < -0.3 is 10.1 Å². The number of carbonyl (C=O) groups excluding carboxylic acids is 1. The van der Waals surface area contributed by atoms with Crippen molar-refractivity contribution in [3.63, 3.8) is 0 Å². The lowest BCUT2D eigenvalue weighted by Gasteiger charge is -2.20. The first-order valence-electron chi connectivity index (χ1n) is 7.74. The van der Waals surface area contributed by atoms with Crippen LogP contribution in [0.25, 0.3) is 0 Å². The molecule has 0 aliphatic heterocycles. The summed E-state index contributed by atoms with van der Waals surface area (Å²) in [5.74, 6) is -0.172. The number of ether oxygens (including phenoxy) is 1. The van der Waals surface area contributed by atoms with Crippen LogP contribution >= 0.6 is 0 Å². The summed E-state index contributed by atoms with van der Waals surface area (Å²) in [6.45, 7) is 4.42. The number of hydrogen-bond acceptors (Lipinski definition) is 3. The molecule has 21 heavy (non-hydrogen) atoms. The number of carbonyl (C=O) groups is 1. The summed E-state index contributed by atoms with van der Waals surface area (Å²) in [6.07, 6.45) is 8.03. The zero-order chi connectivity index (χ0) is 15.1. The number of fused-ring (bicyclic) bond motifs is 1. The van der Waals surface area contributed by atoms with Crippen molar-refractivity contribution in [3.05, 3.63) is 47.5 Å². The smallest absolute Gasteiger partial charge is 0.307 e. The van der Waals surface area contributed by atoms with Crippen LogP contribution in [-0.4, -0.2) is 25.7 Å². The van der Waals surface area contributed by atoms with Crippen LogP contribution in [0.2, 0.25) is 0 Å². The third-order valence-corrected chi connectivity index (χ3v) is 4.09. The first-order chi connectivity index (χ1) is 10.2. The molecule has 0 aromatic heterocycles. The molecule has 3 heteroatoms. The maximum absolute atomic E-state index is 11.5. The molecule has 1 atom stereocenters. The van der Waals surface area contributed by atoms with Crippen molar-refractivity contribution >= 4 is 5.97 Å². The second-order valence-corrected chi connectivity index (χ2v) is 5.69. The first kappa shape index (κ1) is 15.8. The van der Waals surface area contributed by atoms with E-state index in [1.165, 1.54) is 49.5 Å². The van der Waals surface area contributed by atoms with Crippen LogP contribution < -0.4 is 5.32 Å². The van der Waals surface area contributed by atoms with Gasteiger partial charge in [0.1, 0.15) is 0 Å². The minimum atomic E-state index is -0.172. The van der Waals surface area contributed by atoms with Crippen LogP contribution in [0.1, 0.15) is 36.0 Å². The van der Waals surface area contributed by atoms with Gasteiger partial charge in [0, 0.05) is 12.6 Å².